The Labute approximate surface area is 73.1 Å². The molecular formula is C7H7N5O. The largest absolute Gasteiger partial charge is 0.365 e. The fourth-order valence-corrected chi connectivity index (χ4v) is 1.07. The van der Waals surface area contributed by atoms with Gasteiger partial charge in [-0.25, -0.2) is 0 Å². The van der Waals surface area contributed by atoms with Crippen LogP contribution in [0.4, 0.5) is 0 Å². The quantitative estimate of drug-likeness (QED) is 0.597. The first-order chi connectivity index (χ1) is 6.29. The van der Waals surface area contributed by atoms with Gasteiger partial charge in [-0.05, 0) is 6.07 Å². The molecule has 2 aromatic heterocycles. The maximum atomic E-state index is 10.9. The molecule has 2 rings (SSSR count). The summed E-state index contributed by atoms with van der Waals surface area (Å²) in [5, 5.41) is 12.9. The van der Waals surface area contributed by atoms with Crippen molar-refractivity contribution in [3.8, 4) is 11.4 Å². The van der Waals surface area contributed by atoms with Gasteiger partial charge in [-0.3, -0.25) is 15.0 Å². The molecule has 13 heavy (non-hydrogen) atoms. The van der Waals surface area contributed by atoms with E-state index in [4.69, 9.17) is 5.73 Å². The summed E-state index contributed by atoms with van der Waals surface area (Å²) in [6.07, 6.45) is 3.04. The van der Waals surface area contributed by atoms with E-state index in [0.717, 1.165) is 0 Å². The second-order valence-corrected chi connectivity index (χ2v) is 2.48. The number of nitrogens with two attached hydrogens (primary N) is 1. The van der Waals surface area contributed by atoms with Gasteiger partial charge in [-0.2, -0.15) is 10.2 Å². The lowest BCUT2D eigenvalue weighted by Crippen LogP contribution is -2.11. The normalized spacial score (nSPS) is 10.2. The topological polar surface area (TPSA) is 100 Å². The highest BCUT2D eigenvalue weighted by molar-refractivity contribution is 5.98. The molecule has 0 spiro atoms. The Balaban J connectivity index is 2.52. The highest BCUT2D eigenvalue weighted by atomic mass is 16.1. The predicted molar refractivity (Wildman–Crippen MR) is 44.7 cm³/mol. The Kier molecular flexibility index (Phi) is 1.59. The fraction of sp³-hybridized carbons (Fsp3) is 0. The molecule has 4 N–H and O–H groups in total. The van der Waals surface area contributed by atoms with E-state index in [0.29, 0.717) is 17.0 Å². The summed E-state index contributed by atoms with van der Waals surface area (Å²) >= 11 is 0. The van der Waals surface area contributed by atoms with E-state index in [1.165, 1.54) is 6.20 Å². The van der Waals surface area contributed by atoms with Crippen molar-refractivity contribution in [3.63, 3.8) is 0 Å². The first-order valence-electron chi connectivity index (χ1n) is 3.62. The standard InChI is InChI=1S/C7H7N5O/c8-7(13)4-3-10-12-6(4)5-1-2-9-11-5/h1-3H,(H2,8,13)(H,9,11)(H,10,12). The molecule has 0 unspecified atom stereocenters. The second-order valence-electron chi connectivity index (χ2n) is 2.48. The summed E-state index contributed by atoms with van der Waals surface area (Å²) in [5.41, 5.74) is 6.64. The van der Waals surface area contributed by atoms with E-state index in [9.17, 15) is 4.79 Å². The summed E-state index contributed by atoms with van der Waals surface area (Å²) in [4.78, 5) is 10.9. The lowest BCUT2D eigenvalue weighted by Gasteiger charge is -1.92. The van der Waals surface area contributed by atoms with Gasteiger partial charge in [0, 0.05) is 12.4 Å². The highest BCUT2D eigenvalue weighted by Crippen LogP contribution is 2.16. The Bertz CT molecular complexity index is 416. The molecule has 6 heteroatoms. The molecule has 2 aromatic rings. The van der Waals surface area contributed by atoms with Crippen molar-refractivity contribution in [2.75, 3.05) is 0 Å². The highest BCUT2D eigenvalue weighted by Gasteiger charge is 2.13. The number of aromatic amines is 2. The summed E-state index contributed by atoms with van der Waals surface area (Å²) in [5.74, 6) is -0.515. The third-order valence-electron chi connectivity index (χ3n) is 1.66. The van der Waals surface area contributed by atoms with Gasteiger partial charge in [-0.15, -0.1) is 0 Å². The molecule has 0 fully saturated rings. The number of primary amides is 1. The number of carbonyl (C=O) groups is 1. The minimum absolute atomic E-state index is 0.351. The lowest BCUT2D eigenvalue weighted by molar-refractivity contribution is 0.100. The average Bonchev–Trinajstić information content (AvgIpc) is 2.74. The van der Waals surface area contributed by atoms with Gasteiger partial charge < -0.3 is 5.73 Å². The maximum Gasteiger partial charge on any atom is 0.252 e. The molecule has 0 radical (unpaired) electrons. The van der Waals surface area contributed by atoms with E-state index in [1.54, 1.807) is 12.3 Å². The van der Waals surface area contributed by atoms with Gasteiger partial charge in [0.15, 0.2) is 0 Å². The first kappa shape index (κ1) is 7.53. The number of nitrogens with zero attached hydrogens (tertiary/aromatic N) is 2. The Morgan fingerprint density at radius 1 is 1.54 bits per heavy atom. The number of aromatic nitrogens is 4. The number of nitrogens with one attached hydrogen (secondary N) is 2. The van der Waals surface area contributed by atoms with Gasteiger partial charge in [0.2, 0.25) is 0 Å². The van der Waals surface area contributed by atoms with Crippen LogP contribution in [0.3, 0.4) is 0 Å². The van der Waals surface area contributed by atoms with Crippen molar-refractivity contribution >= 4 is 5.91 Å². The second kappa shape index (κ2) is 2.74. The van der Waals surface area contributed by atoms with Crippen LogP contribution in [0.25, 0.3) is 11.4 Å². The van der Waals surface area contributed by atoms with E-state index < -0.39 is 5.91 Å². The molecule has 6 nitrogen and oxygen atoms in total. The molecular weight excluding hydrogens is 170 g/mol. The Morgan fingerprint density at radius 2 is 2.38 bits per heavy atom. The predicted octanol–water partition coefficient (Wildman–Crippen LogP) is -0.101. The van der Waals surface area contributed by atoms with Crippen molar-refractivity contribution in [2.45, 2.75) is 0 Å². The van der Waals surface area contributed by atoms with Crippen molar-refractivity contribution < 1.29 is 4.79 Å². The van der Waals surface area contributed by atoms with Gasteiger partial charge >= 0.3 is 0 Å². The third-order valence-corrected chi connectivity index (χ3v) is 1.66. The summed E-state index contributed by atoms with van der Waals surface area (Å²) in [7, 11) is 0. The molecule has 0 saturated heterocycles. The van der Waals surface area contributed by atoms with Crippen LogP contribution in [0, 0.1) is 0 Å². The average molecular weight is 177 g/mol. The van der Waals surface area contributed by atoms with Crippen LogP contribution < -0.4 is 5.73 Å². The van der Waals surface area contributed by atoms with Crippen LogP contribution in [-0.4, -0.2) is 26.3 Å². The molecule has 0 aliphatic rings. The maximum absolute atomic E-state index is 10.9. The number of amides is 1. The van der Waals surface area contributed by atoms with E-state index in [1.807, 2.05) is 0 Å². The lowest BCUT2D eigenvalue weighted by atomic mass is 10.2. The van der Waals surface area contributed by atoms with Crippen molar-refractivity contribution in [1.29, 1.82) is 0 Å². The van der Waals surface area contributed by atoms with Crippen LogP contribution in [0.5, 0.6) is 0 Å². The molecule has 0 saturated carbocycles. The summed E-state index contributed by atoms with van der Waals surface area (Å²) in [6.45, 7) is 0. The number of hydrogen-bond donors (Lipinski definition) is 3. The van der Waals surface area contributed by atoms with Gasteiger partial charge in [-0.1, -0.05) is 0 Å². The van der Waals surface area contributed by atoms with E-state index >= 15 is 0 Å². The van der Waals surface area contributed by atoms with Crippen molar-refractivity contribution in [1.82, 2.24) is 20.4 Å². The van der Waals surface area contributed by atoms with Crippen molar-refractivity contribution in [3.05, 3.63) is 24.0 Å². The van der Waals surface area contributed by atoms with Crippen molar-refractivity contribution in [2.24, 2.45) is 5.73 Å². The molecule has 2 heterocycles. The third kappa shape index (κ3) is 1.18. The molecule has 1 amide bonds. The smallest absolute Gasteiger partial charge is 0.252 e. The van der Waals surface area contributed by atoms with Crippen LogP contribution >= 0.6 is 0 Å². The molecule has 66 valence electrons. The Hall–Kier alpha value is -2.11. The van der Waals surface area contributed by atoms with Crippen LogP contribution in [0.15, 0.2) is 18.5 Å². The first-order valence-corrected chi connectivity index (χ1v) is 3.62. The number of hydrogen-bond acceptors (Lipinski definition) is 3. The van der Waals surface area contributed by atoms with Crippen LogP contribution in [0.1, 0.15) is 10.4 Å². The minimum atomic E-state index is -0.515. The van der Waals surface area contributed by atoms with E-state index in [2.05, 4.69) is 20.4 Å². The summed E-state index contributed by atoms with van der Waals surface area (Å²) in [6, 6.07) is 1.71. The fourth-order valence-electron chi connectivity index (χ4n) is 1.07. The van der Waals surface area contributed by atoms with E-state index in [-0.39, 0.29) is 0 Å². The minimum Gasteiger partial charge on any atom is -0.365 e. The summed E-state index contributed by atoms with van der Waals surface area (Å²) < 4.78 is 0. The molecule has 0 aromatic carbocycles. The zero-order valence-electron chi connectivity index (χ0n) is 6.61. The molecule has 0 bridgehead atoms. The molecule has 0 aliphatic carbocycles. The number of H-pyrrole nitrogens is 2. The van der Waals surface area contributed by atoms with Gasteiger partial charge in [0.25, 0.3) is 5.91 Å². The van der Waals surface area contributed by atoms with Gasteiger partial charge in [0.05, 0.1) is 11.3 Å². The number of carbonyl (C=O) groups excluding carboxylic acids is 1. The van der Waals surface area contributed by atoms with Gasteiger partial charge in [0.1, 0.15) is 5.69 Å². The monoisotopic (exact) mass is 177 g/mol. The SMILES string of the molecule is NC(=O)c1c[nH]nc1-c1ccn[nH]1. The zero-order valence-corrected chi connectivity index (χ0v) is 6.61. The zero-order chi connectivity index (χ0) is 9.26. The van der Waals surface area contributed by atoms with Crippen LogP contribution in [-0.2, 0) is 0 Å². The number of rotatable bonds is 2. The molecule has 0 aliphatic heterocycles. The molecule has 0 atom stereocenters. The van der Waals surface area contributed by atoms with Crippen LogP contribution in [0.2, 0.25) is 0 Å². The Morgan fingerprint density at radius 3 is 3.00 bits per heavy atom.